The lowest BCUT2D eigenvalue weighted by Crippen LogP contribution is -2.15. The van der Waals surface area contributed by atoms with Crippen molar-refractivity contribution in [2.24, 2.45) is 0 Å². The summed E-state index contributed by atoms with van der Waals surface area (Å²) < 4.78 is 5.07. The summed E-state index contributed by atoms with van der Waals surface area (Å²) in [6.45, 7) is 3.83. The van der Waals surface area contributed by atoms with E-state index in [0.29, 0.717) is 17.4 Å². The van der Waals surface area contributed by atoms with Gasteiger partial charge in [0.1, 0.15) is 12.0 Å². The Kier molecular flexibility index (Phi) is 4.74. The van der Waals surface area contributed by atoms with Crippen LogP contribution in [0.15, 0.2) is 24.7 Å². The number of rotatable bonds is 6. The molecule has 0 saturated carbocycles. The molecule has 2 aromatic heterocycles. The molecule has 0 atom stereocenters. The Hall–Kier alpha value is -2.08. The zero-order valence-electron chi connectivity index (χ0n) is 11.1. The van der Waals surface area contributed by atoms with E-state index in [9.17, 15) is 0 Å². The molecular weight excluding hydrogens is 242 g/mol. The predicted molar refractivity (Wildman–Crippen MR) is 71.6 cm³/mol. The van der Waals surface area contributed by atoms with E-state index >= 15 is 0 Å². The molecule has 0 bridgehead atoms. The van der Waals surface area contributed by atoms with Crippen molar-refractivity contribution in [3.8, 4) is 17.4 Å². The topological polar surface area (TPSA) is 72.8 Å². The second kappa shape index (κ2) is 6.75. The summed E-state index contributed by atoms with van der Waals surface area (Å²) in [6, 6.07) is 3.61. The first-order valence-electron chi connectivity index (χ1n) is 6.22. The number of methoxy groups -OCH3 is 1. The van der Waals surface area contributed by atoms with Crippen LogP contribution in [0.25, 0.3) is 11.5 Å². The molecule has 0 unspecified atom stereocenters. The Morgan fingerprint density at radius 1 is 1.26 bits per heavy atom. The molecule has 6 nitrogen and oxygen atoms in total. The standard InChI is InChI=1S/C13H17N5O/c1-3-5-14-8-10-4-6-15-13(18-10)11-7-12(19-2)17-9-16-11/h4,6-7,9,14H,3,5,8H2,1-2H3. The molecule has 2 aromatic rings. The lowest BCUT2D eigenvalue weighted by atomic mass is 10.3. The molecule has 2 rings (SSSR count). The predicted octanol–water partition coefficient (Wildman–Crippen LogP) is 1.44. The molecule has 1 N–H and O–H groups in total. The van der Waals surface area contributed by atoms with Gasteiger partial charge in [0.2, 0.25) is 5.88 Å². The first kappa shape index (κ1) is 13.4. The molecule has 2 heterocycles. The SMILES string of the molecule is CCCNCc1ccnc(-c2cc(OC)ncn2)n1. The summed E-state index contributed by atoms with van der Waals surface area (Å²) in [7, 11) is 1.57. The number of nitrogens with one attached hydrogen (secondary N) is 1. The van der Waals surface area contributed by atoms with E-state index in [0.717, 1.165) is 25.2 Å². The Labute approximate surface area is 112 Å². The van der Waals surface area contributed by atoms with Crippen LogP contribution in [0, 0.1) is 0 Å². The average Bonchev–Trinajstić information content (AvgIpc) is 2.48. The number of hydrogen-bond donors (Lipinski definition) is 1. The number of nitrogens with zero attached hydrogens (tertiary/aromatic N) is 4. The Balaban J connectivity index is 2.17. The fourth-order valence-corrected chi connectivity index (χ4v) is 1.58. The third-order valence-corrected chi connectivity index (χ3v) is 2.53. The molecule has 6 heteroatoms. The van der Waals surface area contributed by atoms with Crippen molar-refractivity contribution in [3.05, 3.63) is 30.4 Å². The van der Waals surface area contributed by atoms with Crippen molar-refractivity contribution in [3.63, 3.8) is 0 Å². The molecule has 0 aliphatic heterocycles. The van der Waals surface area contributed by atoms with Crippen molar-refractivity contribution < 1.29 is 4.74 Å². The Morgan fingerprint density at radius 3 is 2.95 bits per heavy atom. The first-order valence-corrected chi connectivity index (χ1v) is 6.22. The second-order valence-electron chi connectivity index (χ2n) is 3.99. The van der Waals surface area contributed by atoms with Crippen LogP contribution in [0.5, 0.6) is 5.88 Å². The second-order valence-corrected chi connectivity index (χ2v) is 3.99. The minimum atomic E-state index is 0.503. The van der Waals surface area contributed by atoms with E-state index < -0.39 is 0 Å². The molecule has 0 radical (unpaired) electrons. The number of aromatic nitrogens is 4. The normalized spacial score (nSPS) is 10.4. The van der Waals surface area contributed by atoms with E-state index in [-0.39, 0.29) is 0 Å². The summed E-state index contributed by atoms with van der Waals surface area (Å²) >= 11 is 0. The fraction of sp³-hybridized carbons (Fsp3) is 0.385. The molecule has 0 aliphatic rings. The molecule has 0 fully saturated rings. The van der Waals surface area contributed by atoms with Gasteiger partial charge in [-0.15, -0.1) is 0 Å². The van der Waals surface area contributed by atoms with E-state index in [4.69, 9.17) is 4.74 Å². The quantitative estimate of drug-likeness (QED) is 0.791. The maximum absolute atomic E-state index is 5.07. The van der Waals surface area contributed by atoms with Crippen molar-refractivity contribution in [1.82, 2.24) is 25.3 Å². The van der Waals surface area contributed by atoms with Crippen molar-refractivity contribution in [2.75, 3.05) is 13.7 Å². The highest BCUT2D eigenvalue weighted by Gasteiger charge is 2.06. The summed E-state index contributed by atoms with van der Waals surface area (Å²) in [5, 5.41) is 3.30. The number of ether oxygens (including phenoxy) is 1. The lowest BCUT2D eigenvalue weighted by Gasteiger charge is -2.05. The molecular formula is C13H17N5O. The van der Waals surface area contributed by atoms with E-state index in [1.807, 2.05) is 6.07 Å². The minimum Gasteiger partial charge on any atom is -0.481 e. The van der Waals surface area contributed by atoms with Gasteiger partial charge >= 0.3 is 0 Å². The minimum absolute atomic E-state index is 0.503. The van der Waals surface area contributed by atoms with Crippen LogP contribution >= 0.6 is 0 Å². The molecule has 100 valence electrons. The van der Waals surface area contributed by atoms with Crippen LogP contribution in [0.2, 0.25) is 0 Å². The molecule has 0 spiro atoms. The fourth-order valence-electron chi connectivity index (χ4n) is 1.58. The van der Waals surface area contributed by atoms with Crippen LogP contribution in [0.3, 0.4) is 0 Å². The summed E-state index contributed by atoms with van der Waals surface area (Å²) in [6.07, 6.45) is 4.28. The van der Waals surface area contributed by atoms with Gasteiger partial charge in [-0.25, -0.2) is 19.9 Å². The number of hydrogen-bond acceptors (Lipinski definition) is 6. The molecule has 0 aliphatic carbocycles. The average molecular weight is 259 g/mol. The zero-order valence-corrected chi connectivity index (χ0v) is 11.1. The van der Waals surface area contributed by atoms with Crippen molar-refractivity contribution in [2.45, 2.75) is 19.9 Å². The highest BCUT2D eigenvalue weighted by molar-refractivity contribution is 5.49. The highest BCUT2D eigenvalue weighted by Crippen LogP contribution is 2.15. The lowest BCUT2D eigenvalue weighted by molar-refractivity contribution is 0.397. The third-order valence-electron chi connectivity index (χ3n) is 2.53. The van der Waals surface area contributed by atoms with Crippen LogP contribution in [0.4, 0.5) is 0 Å². The van der Waals surface area contributed by atoms with E-state index in [2.05, 4.69) is 32.2 Å². The summed E-state index contributed by atoms with van der Waals surface area (Å²) in [5.41, 5.74) is 1.60. The van der Waals surface area contributed by atoms with Gasteiger partial charge in [0, 0.05) is 18.8 Å². The van der Waals surface area contributed by atoms with Gasteiger partial charge in [0.25, 0.3) is 0 Å². The van der Waals surface area contributed by atoms with Gasteiger partial charge in [0.05, 0.1) is 12.8 Å². The summed E-state index contributed by atoms with van der Waals surface area (Å²) in [4.78, 5) is 16.8. The van der Waals surface area contributed by atoms with E-state index in [1.54, 1.807) is 19.4 Å². The Morgan fingerprint density at radius 2 is 2.16 bits per heavy atom. The van der Waals surface area contributed by atoms with Gasteiger partial charge in [-0.2, -0.15) is 0 Å². The Bertz CT molecular complexity index is 532. The first-order chi connectivity index (χ1) is 9.33. The summed E-state index contributed by atoms with van der Waals surface area (Å²) in [5.74, 6) is 1.08. The highest BCUT2D eigenvalue weighted by atomic mass is 16.5. The van der Waals surface area contributed by atoms with Gasteiger partial charge in [-0.1, -0.05) is 6.92 Å². The van der Waals surface area contributed by atoms with E-state index in [1.165, 1.54) is 6.33 Å². The van der Waals surface area contributed by atoms with Crippen LogP contribution in [-0.4, -0.2) is 33.6 Å². The van der Waals surface area contributed by atoms with Crippen molar-refractivity contribution >= 4 is 0 Å². The molecule has 0 saturated heterocycles. The maximum atomic E-state index is 5.07. The smallest absolute Gasteiger partial charge is 0.216 e. The third kappa shape index (κ3) is 3.69. The van der Waals surface area contributed by atoms with Crippen LogP contribution in [0.1, 0.15) is 19.0 Å². The van der Waals surface area contributed by atoms with Crippen LogP contribution in [-0.2, 0) is 6.54 Å². The monoisotopic (exact) mass is 259 g/mol. The van der Waals surface area contributed by atoms with Gasteiger partial charge < -0.3 is 10.1 Å². The maximum Gasteiger partial charge on any atom is 0.216 e. The molecule has 19 heavy (non-hydrogen) atoms. The molecule has 0 aromatic carbocycles. The van der Waals surface area contributed by atoms with Crippen LogP contribution < -0.4 is 10.1 Å². The largest absolute Gasteiger partial charge is 0.481 e. The zero-order chi connectivity index (χ0) is 13.5. The van der Waals surface area contributed by atoms with Gasteiger partial charge in [-0.3, -0.25) is 0 Å². The van der Waals surface area contributed by atoms with Gasteiger partial charge in [0.15, 0.2) is 5.82 Å². The van der Waals surface area contributed by atoms with Gasteiger partial charge in [-0.05, 0) is 19.0 Å². The molecule has 0 amide bonds. The van der Waals surface area contributed by atoms with Crippen molar-refractivity contribution in [1.29, 1.82) is 0 Å².